The van der Waals surface area contributed by atoms with Crippen LogP contribution in [0.25, 0.3) is 0 Å². The van der Waals surface area contributed by atoms with Crippen molar-refractivity contribution in [1.82, 2.24) is 0 Å². The van der Waals surface area contributed by atoms with E-state index in [-0.39, 0.29) is 0 Å². The highest BCUT2D eigenvalue weighted by Gasteiger charge is 2.27. The SMILES string of the molecule is COCC(C)CNc1ccccc1SCC(F)(F)F. The van der Waals surface area contributed by atoms with E-state index in [1.165, 1.54) is 0 Å². The van der Waals surface area contributed by atoms with Gasteiger partial charge in [0.15, 0.2) is 0 Å². The van der Waals surface area contributed by atoms with E-state index in [9.17, 15) is 13.2 Å². The molecule has 1 atom stereocenters. The molecular weight excluding hydrogens is 275 g/mol. The minimum absolute atomic E-state index is 0.297. The Morgan fingerprint density at radius 3 is 2.63 bits per heavy atom. The molecule has 6 heteroatoms. The summed E-state index contributed by atoms with van der Waals surface area (Å²) in [5.74, 6) is -0.579. The largest absolute Gasteiger partial charge is 0.398 e. The first-order valence-corrected chi connectivity index (χ1v) is 6.92. The van der Waals surface area contributed by atoms with Crippen molar-refractivity contribution >= 4 is 17.4 Å². The molecule has 1 N–H and O–H groups in total. The topological polar surface area (TPSA) is 21.3 Å². The van der Waals surface area contributed by atoms with Crippen molar-refractivity contribution in [3.63, 3.8) is 0 Å². The smallest absolute Gasteiger partial charge is 0.384 e. The molecule has 0 radical (unpaired) electrons. The van der Waals surface area contributed by atoms with E-state index < -0.39 is 11.9 Å². The van der Waals surface area contributed by atoms with E-state index in [4.69, 9.17) is 4.74 Å². The summed E-state index contributed by atoms with van der Waals surface area (Å²) in [6.07, 6.45) is -4.15. The number of hydrogen-bond acceptors (Lipinski definition) is 3. The first kappa shape index (κ1) is 16.2. The number of rotatable bonds is 7. The van der Waals surface area contributed by atoms with Crippen LogP contribution in [-0.4, -0.2) is 32.2 Å². The van der Waals surface area contributed by atoms with Crippen molar-refractivity contribution in [2.45, 2.75) is 18.0 Å². The van der Waals surface area contributed by atoms with Gasteiger partial charge in [-0.25, -0.2) is 0 Å². The third kappa shape index (κ3) is 6.73. The number of alkyl halides is 3. The van der Waals surface area contributed by atoms with Gasteiger partial charge >= 0.3 is 6.18 Å². The number of methoxy groups -OCH3 is 1. The molecule has 0 aliphatic rings. The predicted octanol–water partition coefficient (Wildman–Crippen LogP) is 4.04. The fourth-order valence-electron chi connectivity index (χ4n) is 1.53. The van der Waals surface area contributed by atoms with Gasteiger partial charge in [-0.1, -0.05) is 19.1 Å². The Labute approximate surface area is 115 Å². The van der Waals surface area contributed by atoms with Gasteiger partial charge in [-0.2, -0.15) is 13.2 Å². The average Bonchev–Trinajstić information content (AvgIpc) is 2.34. The monoisotopic (exact) mass is 293 g/mol. The van der Waals surface area contributed by atoms with Gasteiger partial charge in [0.1, 0.15) is 0 Å². The Morgan fingerprint density at radius 2 is 2.00 bits per heavy atom. The molecule has 0 fully saturated rings. The van der Waals surface area contributed by atoms with Crippen LogP contribution in [0.5, 0.6) is 0 Å². The summed E-state index contributed by atoms with van der Waals surface area (Å²) in [4.78, 5) is 0.615. The Morgan fingerprint density at radius 1 is 1.32 bits per heavy atom. The molecule has 0 amide bonds. The molecule has 0 bridgehead atoms. The van der Waals surface area contributed by atoms with Crippen LogP contribution < -0.4 is 5.32 Å². The standard InChI is InChI=1S/C13H18F3NOS/c1-10(8-18-2)7-17-11-5-3-4-6-12(11)19-9-13(14,15)16/h3-6,10,17H,7-9H2,1-2H3. The van der Waals surface area contributed by atoms with Gasteiger partial charge in [-0.15, -0.1) is 11.8 Å². The zero-order valence-electron chi connectivity index (χ0n) is 11.0. The minimum Gasteiger partial charge on any atom is -0.384 e. The van der Waals surface area contributed by atoms with Gasteiger partial charge in [-0.05, 0) is 18.1 Å². The molecule has 0 spiro atoms. The molecule has 0 aliphatic carbocycles. The number of halogens is 3. The normalized spacial score (nSPS) is 13.3. The van der Waals surface area contributed by atoms with Crippen LogP contribution in [0.1, 0.15) is 6.92 Å². The molecule has 0 saturated carbocycles. The van der Waals surface area contributed by atoms with Crippen molar-refractivity contribution in [2.75, 3.05) is 31.3 Å². The number of nitrogens with one attached hydrogen (secondary N) is 1. The summed E-state index contributed by atoms with van der Waals surface area (Å²) in [7, 11) is 1.63. The summed E-state index contributed by atoms with van der Waals surface area (Å²) in [6.45, 7) is 3.30. The summed E-state index contributed by atoms with van der Waals surface area (Å²) in [5.41, 5.74) is 0.736. The Bertz CT molecular complexity index is 384. The molecule has 108 valence electrons. The molecular formula is C13H18F3NOS. The highest BCUT2D eigenvalue weighted by atomic mass is 32.2. The summed E-state index contributed by atoms with van der Waals surface area (Å²) < 4.78 is 41.7. The lowest BCUT2D eigenvalue weighted by Gasteiger charge is -2.15. The van der Waals surface area contributed by atoms with E-state index in [1.54, 1.807) is 31.4 Å². The van der Waals surface area contributed by atoms with Crippen LogP contribution in [0.15, 0.2) is 29.2 Å². The first-order chi connectivity index (χ1) is 8.92. The highest BCUT2D eigenvalue weighted by molar-refractivity contribution is 7.99. The van der Waals surface area contributed by atoms with Gasteiger partial charge in [0, 0.05) is 24.2 Å². The maximum Gasteiger partial charge on any atom is 0.398 e. The zero-order valence-corrected chi connectivity index (χ0v) is 11.8. The van der Waals surface area contributed by atoms with Crippen LogP contribution in [0.3, 0.4) is 0 Å². The molecule has 19 heavy (non-hydrogen) atoms. The van der Waals surface area contributed by atoms with Gasteiger partial charge in [0.25, 0.3) is 0 Å². The average molecular weight is 293 g/mol. The minimum atomic E-state index is -4.15. The van der Waals surface area contributed by atoms with Gasteiger partial charge < -0.3 is 10.1 Å². The van der Waals surface area contributed by atoms with Crippen molar-refractivity contribution in [1.29, 1.82) is 0 Å². The van der Waals surface area contributed by atoms with Crippen molar-refractivity contribution in [3.05, 3.63) is 24.3 Å². The quantitative estimate of drug-likeness (QED) is 0.767. The number of thioether (sulfide) groups is 1. The number of ether oxygens (including phenoxy) is 1. The van der Waals surface area contributed by atoms with Gasteiger partial charge in [0.2, 0.25) is 0 Å². The lowest BCUT2D eigenvalue weighted by atomic mass is 10.2. The molecule has 0 aliphatic heterocycles. The Balaban J connectivity index is 2.57. The first-order valence-electron chi connectivity index (χ1n) is 5.93. The van der Waals surface area contributed by atoms with E-state index in [0.29, 0.717) is 24.0 Å². The second-order valence-electron chi connectivity index (χ2n) is 4.34. The summed E-state index contributed by atoms with van der Waals surface area (Å²) in [5, 5.41) is 3.17. The van der Waals surface area contributed by atoms with Crippen molar-refractivity contribution in [3.8, 4) is 0 Å². The molecule has 1 unspecified atom stereocenters. The molecule has 1 aromatic rings. The predicted molar refractivity (Wildman–Crippen MR) is 72.8 cm³/mol. The summed E-state index contributed by atoms with van der Waals surface area (Å²) >= 11 is 0.800. The van der Waals surface area contributed by atoms with Crippen LogP contribution in [0.4, 0.5) is 18.9 Å². The lowest BCUT2D eigenvalue weighted by Crippen LogP contribution is -2.16. The molecule has 0 heterocycles. The molecule has 1 aromatic carbocycles. The number of benzene rings is 1. The maximum absolute atomic E-state index is 12.2. The third-order valence-corrected chi connectivity index (χ3v) is 3.51. The fraction of sp³-hybridized carbons (Fsp3) is 0.538. The van der Waals surface area contributed by atoms with E-state index in [2.05, 4.69) is 5.32 Å². The molecule has 2 nitrogen and oxygen atoms in total. The van der Waals surface area contributed by atoms with E-state index in [0.717, 1.165) is 17.4 Å². The van der Waals surface area contributed by atoms with Crippen LogP contribution in [0.2, 0.25) is 0 Å². The van der Waals surface area contributed by atoms with Gasteiger partial charge in [-0.3, -0.25) is 0 Å². The molecule has 1 rings (SSSR count). The molecule has 0 saturated heterocycles. The summed E-state index contributed by atoms with van der Waals surface area (Å²) in [6, 6.07) is 7.03. The van der Waals surface area contributed by atoms with Crippen molar-refractivity contribution in [2.24, 2.45) is 5.92 Å². The molecule has 0 aromatic heterocycles. The zero-order chi connectivity index (χ0) is 14.3. The second kappa shape index (κ2) is 7.65. The second-order valence-corrected chi connectivity index (χ2v) is 5.36. The Hall–Kier alpha value is -0.880. The van der Waals surface area contributed by atoms with Crippen LogP contribution in [0, 0.1) is 5.92 Å². The fourth-order valence-corrected chi connectivity index (χ4v) is 2.32. The van der Waals surface area contributed by atoms with Crippen LogP contribution in [-0.2, 0) is 4.74 Å². The lowest BCUT2D eigenvalue weighted by molar-refractivity contribution is -0.105. The van der Waals surface area contributed by atoms with Gasteiger partial charge in [0.05, 0.1) is 12.4 Å². The number of para-hydroxylation sites is 1. The van der Waals surface area contributed by atoms with E-state index >= 15 is 0 Å². The third-order valence-electron chi connectivity index (χ3n) is 2.37. The van der Waals surface area contributed by atoms with E-state index in [1.807, 2.05) is 6.92 Å². The Kier molecular flexibility index (Phi) is 6.51. The number of anilines is 1. The maximum atomic E-state index is 12.2. The van der Waals surface area contributed by atoms with Crippen molar-refractivity contribution < 1.29 is 17.9 Å². The highest BCUT2D eigenvalue weighted by Crippen LogP contribution is 2.32. The van der Waals surface area contributed by atoms with Crippen LogP contribution >= 0.6 is 11.8 Å². The number of hydrogen-bond donors (Lipinski definition) is 1.